The number of hydrogen-bond acceptors (Lipinski definition) is 1. The van der Waals surface area contributed by atoms with Crippen LogP contribution in [0, 0.1) is 11.6 Å². The van der Waals surface area contributed by atoms with Gasteiger partial charge < -0.3 is 15.2 Å². The first-order chi connectivity index (χ1) is 13.4. The molecule has 0 aliphatic rings. The number of amides is 2. The zero-order valence-corrected chi connectivity index (χ0v) is 16.2. The number of halogens is 4. The lowest BCUT2D eigenvalue weighted by atomic mass is 10.1. The van der Waals surface area contributed by atoms with Crippen molar-refractivity contribution in [3.63, 3.8) is 0 Å². The highest BCUT2D eigenvalue weighted by Gasteiger charge is 2.17. The first kappa shape index (κ1) is 20.2. The zero-order chi connectivity index (χ0) is 20.1. The molecule has 0 saturated carbocycles. The summed E-state index contributed by atoms with van der Waals surface area (Å²) >= 11 is 12.1. The molecule has 0 bridgehead atoms. The van der Waals surface area contributed by atoms with Crippen LogP contribution in [0.2, 0.25) is 10.0 Å². The maximum absolute atomic E-state index is 13.9. The molecule has 0 radical (unpaired) electrons. The standard InChI is InChI=1S/C20H17Cl2F2N3O/c21-14-4-3-13(17(22)10-14)7-9-27(12-16-2-1-8-25-16)20(28)26-19-6-5-15(23)11-18(19)24/h1-6,8,10-11,25H,7,9,12H2,(H,26,28). The van der Waals surface area contributed by atoms with Gasteiger partial charge in [-0.2, -0.15) is 0 Å². The van der Waals surface area contributed by atoms with Gasteiger partial charge in [0.05, 0.1) is 12.2 Å². The number of hydrogen-bond donors (Lipinski definition) is 2. The van der Waals surface area contributed by atoms with Gasteiger partial charge in [-0.3, -0.25) is 0 Å². The summed E-state index contributed by atoms with van der Waals surface area (Å²) < 4.78 is 27.0. The number of carbonyl (C=O) groups is 1. The largest absolute Gasteiger partial charge is 0.364 e. The van der Waals surface area contributed by atoms with Crippen LogP contribution in [0.25, 0.3) is 0 Å². The van der Waals surface area contributed by atoms with Crippen molar-refractivity contribution < 1.29 is 13.6 Å². The number of H-pyrrole nitrogens is 1. The molecule has 0 atom stereocenters. The number of aromatic amines is 1. The second-order valence-electron chi connectivity index (χ2n) is 6.16. The Morgan fingerprint density at radius 2 is 1.93 bits per heavy atom. The first-order valence-electron chi connectivity index (χ1n) is 8.49. The van der Waals surface area contributed by atoms with Crippen LogP contribution in [-0.2, 0) is 13.0 Å². The third-order valence-corrected chi connectivity index (χ3v) is 4.74. The van der Waals surface area contributed by atoms with Crippen molar-refractivity contribution in [3.05, 3.63) is 87.7 Å². The van der Waals surface area contributed by atoms with Gasteiger partial charge in [-0.1, -0.05) is 29.3 Å². The fraction of sp³-hybridized carbons (Fsp3) is 0.150. The lowest BCUT2D eigenvalue weighted by molar-refractivity contribution is 0.209. The summed E-state index contributed by atoms with van der Waals surface area (Å²) in [6.45, 7) is 0.613. The summed E-state index contributed by atoms with van der Waals surface area (Å²) in [5.41, 5.74) is 1.56. The maximum atomic E-state index is 13.9. The van der Waals surface area contributed by atoms with Crippen LogP contribution in [0.4, 0.5) is 19.3 Å². The van der Waals surface area contributed by atoms with Gasteiger partial charge in [-0.25, -0.2) is 13.6 Å². The summed E-state index contributed by atoms with van der Waals surface area (Å²) in [7, 11) is 0. The summed E-state index contributed by atoms with van der Waals surface area (Å²) in [6.07, 6.45) is 2.23. The number of nitrogens with zero attached hydrogens (tertiary/aromatic N) is 1. The minimum atomic E-state index is -0.839. The van der Waals surface area contributed by atoms with E-state index in [-0.39, 0.29) is 12.2 Å². The van der Waals surface area contributed by atoms with Crippen molar-refractivity contribution in [3.8, 4) is 0 Å². The average molecular weight is 424 g/mol. The van der Waals surface area contributed by atoms with Crippen LogP contribution in [0.3, 0.4) is 0 Å². The Morgan fingerprint density at radius 1 is 1.11 bits per heavy atom. The van der Waals surface area contributed by atoms with Crippen LogP contribution >= 0.6 is 23.2 Å². The van der Waals surface area contributed by atoms with E-state index in [1.54, 1.807) is 24.4 Å². The molecule has 146 valence electrons. The number of carbonyl (C=O) groups excluding carboxylic acids is 1. The molecule has 0 spiro atoms. The molecule has 0 unspecified atom stereocenters. The van der Waals surface area contributed by atoms with E-state index >= 15 is 0 Å². The van der Waals surface area contributed by atoms with Crippen LogP contribution in [-0.4, -0.2) is 22.5 Å². The van der Waals surface area contributed by atoms with E-state index in [4.69, 9.17) is 23.2 Å². The fourth-order valence-corrected chi connectivity index (χ4v) is 3.19. The zero-order valence-electron chi connectivity index (χ0n) is 14.7. The average Bonchev–Trinajstić information content (AvgIpc) is 3.15. The highest BCUT2D eigenvalue weighted by molar-refractivity contribution is 6.35. The highest BCUT2D eigenvalue weighted by atomic mass is 35.5. The fourth-order valence-electron chi connectivity index (χ4n) is 2.69. The quantitative estimate of drug-likeness (QED) is 0.511. The van der Waals surface area contributed by atoms with Crippen molar-refractivity contribution in [2.45, 2.75) is 13.0 Å². The Morgan fingerprint density at radius 3 is 2.61 bits per heavy atom. The van der Waals surface area contributed by atoms with Crippen LogP contribution in [0.5, 0.6) is 0 Å². The Labute approximate surface area is 171 Å². The van der Waals surface area contributed by atoms with Crippen molar-refractivity contribution in [2.75, 3.05) is 11.9 Å². The molecule has 0 fully saturated rings. The minimum absolute atomic E-state index is 0.0904. The van der Waals surface area contributed by atoms with Gasteiger partial charge in [0.15, 0.2) is 0 Å². The number of aromatic nitrogens is 1. The van der Waals surface area contributed by atoms with Crippen molar-refractivity contribution in [2.24, 2.45) is 0 Å². The second-order valence-corrected chi connectivity index (χ2v) is 7.00. The van der Waals surface area contributed by atoms with E-state index in [0.29, 0.717) is 23.0 Å². The van der Waals surface area contributed by atoms with Gasteiger partial charge >= 0.3 is 6.03 Å². The van der Waals surface area contributed by atoms with Crippen molar-refractivity contribution in [1.29, 1.82) is 0 Å². The molecule has 4 nitrogen and oxygen atoms in total. The summed E-state index contributed by atoms with van der Waals surface area (Å²) in [5.74, 6) is -1.55. The van der Waals surface area contributed by atoms with Crippen LogP contribution < -0.4 is 5.32 Å². The summed E-state index contributed by atoms with van der Waals surface area (Å²) in [6, 6.07) is 11.3. The Balaban J connectivity index is 1.74. The highest BCUT2D eigenvalue weighted by Crippen LogP contribution is 2.22. The summed E-state index contributed by atoms with van der Waals surface area (Å²) in [4.78, 5) is 17.3. The third-order valence-electron chi connectivity index (χ3n) is 4.15. The van der Waals surface area contributed by atoms with Gasteiger partial charge in [0.1, 0.15) is 11.6 Å². The van der Waals surface area contributed by atoms with E-state index in [1.807, 2.05) is 12.1 Å². The third kappa shape index (κ3) is 5.24. The molecular formula is C20H17Cl2F2N3O. The Hall–Kier alpha value is -2.57. The predicted octanol–water partition coefficient (Wildman–Crippen LogP) is 5.88. The Bertz CT molecular complexity index is 964. The van der Waals surface area contributed by atoms with Crippen molar-refractivity contribution in [1.82, 2.24) is 9.88 Å². The first-order valence-corrected chi connectivity index (χ1v) is 9.25. The van der Waals surface area contributed by atoms with E-state index in [0.717, 1.165) is 23.4 Å². The lowest BCUT2D eigenvalue weighted by Gasteiger charge is -2.23. The number of rotatable bonds is 6. The van der Waals surface area contributed by atoms with Crippen molar-refractivity contribution >= 4 is 34.9 Å². The van der Waals surface area contributed by atoms with E-state index in [2.05, 4.69) is 10.3 Å². The second kappa shape index (κ2) is 9.08. The van der Waals surface area contributed by atoms with E-state index in [1.165, 1.54) is 11.0 Å². The van der Waals surface area contributed by atoms with Gasteiger partial charge in [0, 0.05) is 34.5 Å². The molecule has 2 aromatic carbocycles. The number of nitrogens with one attached hydrogen (secondary N) is 2. The SMILES string of the molecule is O=C(Nc1ccc(F)cc1F)N(CCc1ccc(Cl)cc1Cl)Cc1ccc[nH]1. The molecule has 28 heavy (non-hydrogen) atoms. The van der Waals surface area contributed by atoms with Gasteiger partial charge in [-0.05, 0) is 48.4 Å². The minimum Gasteiger partial charge on any atom is -0.364 e. The molecule has 0 saturated heterocycles. The topological polar surface area (TPSA) is 48.1 Å². The molecule has 1 heterocycles. The lowest BCUT2D eigenvalue weighted by Crippen LogP contribution is -2.36. The Kier molecular flexibility index (Phi) is 6.54. The summed E-state index contributed by atoms with van der Waals surface area (Å²) in [5, 5.41) is 3.53. The normalized spacial score (nSPS) is 10.7. The molecule has 0 aliphatic heterocycles. The molecule has 1 aromatic heterocycles. The van der Waals surface area contributed by atoms with Gasteiger partial charge in [-0.15, -0.1) is 0 Å². The smallest absolute Gasteiger partial charge is 0.322 e. The molecule has 0 aliphatic carbocycles. The van der Waals surface area contributed by atoms with Gasteiger partial charge in [0.25, 0.3) is 0 Å². The molecular weight excluding hydrogens is 407 g/mol. The van der Waals surface area contributed by atoms with E-state index < -0.39 is 17.7 Å². The van der Waals surface area contributed by atoms with E-state index in [9.17, 15) is 13.6 Å². The number of urea groups is 1. The predicted molar refractivity (Wildman–Crippen MR) is 107 cm³/mol. The van der Waals surface area contributed by atoms with Gasteiger partial charge in [0.2, 0.25) is 0 Å². The molecule has 3 rings (SSSR count). The van der Waals surface area contributed by atoms with Crippen LogP contribution in [0.1, 0.15) is 11.3 Å². The number of anilines is 1. The number of benzene rings is 2. The maximum Gasteiger partial charge on any atom is 0.322 e. The molecule has 8 heteroatoms. The van der Waals surface area contributed by atoms with Crippen LogP contribution in [0.15, 0.2) is 54.7 Å². The molecule has 2 amide bonds. The monoisotopic (exact) mass is 423 g/mol. The molecule has 2 N–H and O–H groups in total. The molecule has 3 aromatic rings.